The van der Waals surface area contributed by atoms with Crippen molar-refractivity contribution in [2.45, 2.75) is 38.1 Å². The first kappa shape index (κ1) is 13.7. The number of nitrogens with zero attached hydrogens (tertiary/aromatic N) is 1. The van der Waals surface area contributed by atoms with Gasteiger partial charge in [0.15, 0.2) is 0 Å². The van der Waals surface area contributed by atoms with Crippen molar-refractivity contribution in [1.29, 1.82) is 0 Å². The third kappa shape index (κ3) is 5.14. The quantitative estimate of drug-likeness (QED) is 0.813. The van der Waals surface area contributed by atoms with Crippen LogP contribution in [0.3, 0.4) is 0 Å². The zero-order valence-corrected chi connectivity index (χ0v) is 9.30. The fourth-order valence-electron chi connectivity index (χ4n) is 2.08. The van der Waals surface area contributed by atoms with Crippen LogP contribution in [-0.4, -0.2) is 43.5 Å². The van der Waals surface area contributed by atoms with Crippen molar-refractivity contribution in [1.82, 2.24) is 4.90 Å². The number of likely N-dealkylation sites (tertiary alicyclic amines) is 1. The summed E-state index contributed by atoms with van der Waals surface area (Å²) < 4.78 is 39.2. The Morgan fingerprint density at radius 2 is 2.00 bits per heavy atom. The van der Waals surface area contributed by atoms with E-state index in [1.807, 2.05) is 4.90 Å². The first-order chi connectivity index (χ1) is 7.53. The summed E-state index contributed by atoms with van der Waals surface area (Å²) >= 11 is 0. The van der Waals surface area contributed by atoms with Crippen LogP contribution in [0, 0.1) is 0 Å². The lowest BCUT2D eigenvalue weighted by molar-refractivity contribution is -0.325. The molecule has 1 unspecified atom stereocenters. The summed E-state index contributed by atoms with van der Waals surface area (Å²) in [4.78, 5) is 2.01. The Hall–Kier alpha value is -0.330. The first-order valence-electron chi connectivity index (χ1n) is 5.68. The molecule has 0 aromatic rings. The van der Waals surface area contributed by atoms with Gasteiger partial charge in [0, 0.05) is 19.1 Å². The molecule has 0 radical (unpaired) electrons. The predicted molar refractivity (Wildman–Crippen MR) is 54.9 cm³/mol. The summed E-state index contributed by atoms with van der Waals surface area (Å²) in [6.45, 7) is 1.33. The molecular weight excluding hydrogens is 221 g/mol. The fourth-order valence-corrected chi connectivity index (χ4v) is 2.08. The van der Waals surface area contributed by atoms with Crippen LogP contribution in [0.15, 0.2) is 0 Å². The molecule has 1 rings (SSSR count). The normalized spacial score (nSPS) is 24.4. The summed E-state index contributed by atoms with van der Waals surface area (Å²) in [7, 11) is 0. The van der Waals surface area contributed by atoms with Crippen molar-refractivity contribution >= 4 is 0 Å². The summed E-state index contributed by atoms with van der Waals surface area (Å²) in [6, 6.07) is 0.208. The SMILES string of the molecule is NCC1CCCCCN1CCOC(F)(F)F. The minimum Gasteiger partial charge on any atom is -0.329 e. The van der Waals surface area contributed by atoms with Crippen molar-refractivity contribution in [3.05, 3.63) is 0 Å². The highest BCUT2D eigenvalue weighted by Crippen LogP contribution is 2.18. The minimum atomic E-state index is -4.52. The second kappa shape index (κ2) is 6.42. The number of ether oxygens (including phenoxy) is 1. The topological polar surface area (TPSA) is 38.5 Å². The van der Waals surface area contributed by atoms with E-state index in [0.29, 0.717) is 13.1 Å². The van der Waals surface area contributed by atoms with E-state index in [-0.39, 0.29) is 12.6 Å². The van der Waals surface area contributed by atoms with Gasteiger partial charge in [-0.05, 0) is 19.4 Å². The Morgan fingerprint density at radius 3 is 2.62 bits per heavy atom. The first-order valence-corrected chi connectivity index (χ1v) is 5.68. The van der Waals surface area contributed by atoms with Crippen LogP contribution in [0.2, 0.25) is 0 Å². The molecular formula is C10H19F3N2O. The van der Waals surface area contributed by atoms with Crippen LogP contribution >= 0.6 is 0 Å². The molecule has 3 nitrogen and oxygen atoms in total. The number of rotatable bonds is 4. The molecule has 0 amide bonds. The summed E-state index contributed by atoms with van der Waals surface area (Å²) in [5, 5.41) is 0. The zero-order valence-electron chi connectivity index (χ0n) is 9.30. The van der Waals surface area contributed by atoms with E-state index in [4.69, 9.17) is 5.73 Å². The van der Waals surface area contributed by atoms with Crippen molar-refractivity contribution in [2.24, 2.45) is 5.73 Å². The Balaban J connectivity index is 2.31. The third-order valence-corrected chi connectivity index (χ3v) is 2.92. The average molecular weight is 240 g/mol. The minimum absolute atomic E-state index is 0.208. The Bertz CT molecular complexity index is 199. The molecule has 0 aromatic carbocycles. The van der Waals surface area contributed by atoms with Gasteiger partial charge in [0.2, 0.25) is 0 Å². The average Bonchev–Trinajstić information content (AvgIpc) is 2.41. The van der Waals surface area contributed by atoms with Gasteiger partial charge in [0.05, 0.1) is 6.61 Å². The fraction of sp³-hybridized carbons (Fsp3) is 1.00. The van der Waals surface area contributed by atoms with Crippen LogP contribution < -0.4 is 5.73 Å². The van der Waals surface area contributed by atoms with Gasteiger partial charge in [-0.25, -0.2) is 0 Å². The van der Waals surface area contributed by atoms with Gasteiger partial charge in [-0.1, -0.05) is 12.8 Å². The Morgan fingerprint density at radius 1 is 1.25 bits per heavy atom. The number of hydrogen-bond donors (Lipinski definition) is 1. The molecule has 0 aliphatic carbocycles. The van der Waals surface area contributed by atoms with Gasteiger partial charge in [0.1, 0.15) is 0 Å². The van der Waals surface area contributed by atoms with Gasteiger partial charge < -0.3 is 5.73 Å². The van der Waals surface area contributed by atoms with E-state index in [2.05, 4.69) is 4.74 Å². The van der Waals surface area contributed by atoms with E-state index in [1.165, 1.54) is 0 Å². The highest BCUT2D eigenvalue weighted by Gasteiger charge is 2.29. The van der Waals surface area contributed by atoms with Crippen LogP contribution in [-0.2, 0) is 4.74 Å². The highest BCUT2D eigenvalue weighted by molar-refractivity contribution is 4.75. The zero-order chi connectivity index (χ0) is 12.0. The van der Waals surface area contributed by atoms with Crippen molar-refractivity contribution in [3.8, 4) is 0 Å². The van der Waals surface area contributed by atoms with Crippen LogP contribution in [0.25, 0.3) is 0 Å². The van der Waals surface area contributed by atoms with E-state index < -0.39 is 6.36 Å². The Kier molecular flexibility index (Phi) is 5.51. The van der Waals surface area contributed by atoms with E-state index in [0.717, 1.165) is 32.2 Å². The van der Waals surface area contributed by atoms with E-state index >= 15 is 0 Å². The lowest BCUT2D eigenvalue weighted by atomic mass is 10.1. The van der Waals surface area contributed by atoms with Crippen molar-refractivity contribution < 1.29 is 17.9 Å². The van der Waals surface area contributed by atoms with Gasteiger partial charge in [-0.3, -0.25) is 9.64 Å². The third-order valence-electron chi connectivity index (χ3n) is 2.92. The van der Waals surface area contributed by atoms with E-state index in [9.17, 15) is 13.2 Å². The van der Waals surface area contributed by atoms with Crippen LogP contribution in [0.1, 0.15) is 25.7 Å². The van der Waals surface area contributed by atoms with Crippen LogP contribution in [0.5, 0.6) is 0 Å². The number of hydrogen-bond acceptors (Lipinski definition) is 3. The largest absolute Gasteiger partial charge is 0.522 e. The standard InChI is InChI=1S/C10H19F3N2O/c11-10(12,13)16-7-6-15-5-3-1-2-4-9(15)8-14/h9H,1-8,14H2. The Labute approximate surface area is 93.7 Å². The summed E-state index contributed by atoms with van der Waals surface area (Å²) in [5.74, 6) is 0. The molecule has 6 heteroatoms. The molecule has 1 aliphatic heterocycles. The molecule has 1 fully saturated rings. The molecule has 16 heavy (non-hydrogen) atoms. The second-order valence-corrected chi connectivity index (χ2v) is 4.07. The molecule has 0 saturated carbocycles. The molecule has 1 saturated heterocycles. The molecule has 1 heterocycles. The smallest absolute Gasteiger partial charge is 0.329 e. The number of alkyl halides is 3. The molecule has 96 valence electrons. The van der Waals surface area contributed by atoms with Gasteiger partial charge in [-0.2, -0.15) is 0 Å². The molecule has 1 atom stereocenters. The monoisotopic (exact) mass is 240 g/mol. The lowest BCUT2D eigenvalue weighted by Crippen LogP contribution is -2.42. The summed E-state index contributed by atoms with van der Waals surface area (Å²) in [5.41, 5.74) is 5.62. The van der Waals surface area contributed by atoms with Gasteiger partial charge >= 0.3 is 6.36 Å². The maximum absolute atomic E-state index is 11.8. The molecule has 0 bridgehead atoms. The molecule has 1 aliphatic rings. The maximum atomic E-state index is 11.8. The predicted octanol–water partition coefficient (Wildman–Crippen LogP) is 1.73. The lowest BCUT2D eigenvalue weighted by Gasteiger charge is -2.28. The number of nitrogens with two attached hydrogens (primary N) is 1. The van der Waals surface area contributed by atoms with Gasteiger partial charge in [0.25, 0.3) is 0 Å². The van der Waals surface area contributed by atoms with Gasteiger partial charge in [-0.15, -0.1) is 13.2 Å². The van der Waals surface area contributed by atoms with Crippen molar-refractivity contribution in [2.75, 3.05) is 26.2 Å². The van der Waals surface area contributed by atoms with E-state index in [1.54, 1.807) is 0 Å². The maximum Gasteiger partial charge on any atom is 0.522 e. The molecule has 0 spiro atoms. The highest BCUT2D eigenvalue weighted by atomic mass is 19.4. The second-order valence-electron chi connectivity index (χ2n) is 4.07. The number of halogens is 3. The molecule has 0 aromatic heterocycles. The summed E-state index contributed by atoms with van der Waals surface area (Å²) in [6.07, 6.45) is -0.277. The van der Waals surface area contributed by atoms with Crippen LogP contribution in [0.4, 0.5) is 13.2 Å². The molecule has 2 N–H and O–H groups in total. The van der Waals surface area contributed by atoms with Crippen molar-refractivity contribution in [3.63, 3.8) is 0 Å².